The normalized spacial score (nSPS) is 22.7. The molecule has 2 unspecified atom stereocenters. The summed E-state index contributed by atoms with van der Waals surface area (Å²) in [6.45, 7) is 4.79. The van der Waals surface area contributed by atoms with E-state index in [0.717, 1.165) is 37.9 Å². The Labute approximate surface area is 148 Å². The second-order valence-corrected chi connectivity index (χ2v) is 7.10. The predicted molar refractivity (Wildman–Crippen MR) is 97.9 cm³/mol. The summed E-state index contributed by atoms with van der Waals surface area (Å²) in [4.78, 5) is 15.0. The molecule has 2 aromatic rings. The highest BCUT2D eigenvalue weighted by Gasteiger charge is 2.28. The molecule has 132 valence electrons. The van der Waals surface area contributed by atoms with Crippen molar-refractivity contribution in [1.82, 2.24) is 10.6 Å². The summed E-state index contributed by atoms with van der Waals surface area (Å²) in [5.74, 6) is 0.344. The summed E-state index contributed by atoms with van der Waals surface area (Å²) in [5.41, 5.74) is 3.58. The number of furan rings is 1. The molecular weight excluding hydrogens is 314 g/mol. The molecule has 0 bridgehead atoms. The highest BCUT2D eigenvalue weighted by atomic mass is 16.3. The number of nitrogens with zero attached hydrogens (tertiary/aromatic N) is 1. The molecule has 2 N–H and O–H groups in total. The molecule has 1 saturated heterocycles. The highest BCUT2D eigenvalue weighted by molar-refractivity contribution is 5.93. The number of fused-ring (bicyclic) bond motifs is 1. The number of piperidine rings is 1. The third kappa shape index (κ3) is 3.29. The fraction of sp³-hybridized carbons (Fsp3) is 0.450. The molecule has 3 heterocycles. The third-order valence-corrected chi connectivity index (χ3v) is 5.27. The van der Waals surface area contributed by atoms with Crippen LogP contribution in [0.25, 0.3) is 0 Å². The van der Waals surface area contributed by atoms with Crippen molar-refractivity contribution in [2.45, 2.75) is 44.8 Å². The predicted octanol–water partition coefficient (Wildman–Crippen LogP) is 2.71. The lowest BCUT2D eigenvalue weighted by atomic mass is 10.1. The van der Waals surface area contributed by atoms with Gasteiger partial charge in [0, 0.05) is 36.4 Å². The minimum absolute atomic E-state index is 0.103. The first-order valence-electron chi connectivity index (χ1n) is 9.15. The van der Waals surface area contributed by atoms with E-state index in [9.17, 15) is 4.79 Å². The van der Waals surface area contributed by atoms with Gasteiger partial charge in [0.25, 0.3) is 5.91 Å². The molecule has 1 aromatic carbocycles. The van der Waals surface area contributed by atoms with Gasteiger partial charge in [-0.2, -0.15) is 0 Å². The van der Waals surface area contributed by atoms with Crippen LogP contribution in [0.2, 0.25) is 0 Å². The number of anilines is 1. The van der Waals surface area contributed by atoms with Gasteiger partial charge in [0.1, 0.15) is 0 Å². The standard InChI is InChI=1S/C20H25N3O2/c1-14-11-15-5-2-3-7-18(15)23(14)13-16-8-10-25-19(16)20(24)22-17-6-4-9-21-12-17/h2-3,5,7-8,10,14,17,21H,4,6,9,11-13H2,1H3,(H,22,24). The van der Waals surface area contributed by atoms with Crippen molar-refractivity contribution in [3.63, 3.8) is 0 Å². The smallest absolute Gasteiger partial charge is 0.287 e. The Morgan fingerprint density at radius 2 is 2.24 bits per heavy atom. The van der Waals surface area contributed by atoms with E-state index in [2.05, 4.69) is 46.7 Å². The van der Waals surface area contributed by atoms with E-state index in [-0.39, 0.29) is 11.9 Å². The lowest BCUT2D eigenvalue weighted by molar-refractivity contribution is 0.0901. The van der Waals surface area contributed by atoms with Gasteiger partial charge in [0.05, 0.1) is 6.26 Å². The van der Waals surface area contributed by atoms with Crippen LogP contribution in [0, 0.1) is 0 Å². The number of carbonyl (C=O) groups is 1. The lowest BCUT2D eigenvalue weighted by Crippen LogP contribution is -2.45. The van der Waals surface area contributed by atoms with Crippen LogP contribution in [0.15, 0.2) is 41.0 Å². The maximum Gasteiger partial charge on any atom is 0.287 e. The summed E-state index contributed by atoms with van der Waals surface area (Å²) in [6.07, 6.45) is 4.78. The SMILES string of the molecule is CC1Cc2ccccc2N1Cc1ccoc1C(=O)NC1CCCNC1. The Hall–Kier alpha value is -2.27. The van der Waals surface area contributed by atoms with Crippen LogP contribution in [0.5, 0.6) is 0 Å². The number of carbonyl (C=O) groups excluding carboxylic acids is 1. The molecule has 1 fully saturated rings. The van der Waals surface area contributed by atoms with Crippen LogP contribution in [-0.2, 0) is 13.0 Å². The van der Waals surface area contributed by atoms with Gasteiger partial charge in [-0.25, -0.2) is 0 Å². The first-order valence-corrected chi connectivity index (χ1v) is 9.15. The van der Waals surface area contributed by atoms with E-state index >= 15 is 0 Å². The molecule has 4 rings (SSSR count). The average Bonchev–Trinajstić information content (AvgIpc) is 3.21. The molecule has 5 nitrogen and oxygen atoms in total. The molecule has 0 spiro atoms. The summed E-state index contributed by atoms with van der Waals surface area (Å²) in [6, 6.07) is 11.0. The molecule has 0 aliphatic carbocycles. The number of nitrogens with one attached hydrogen (secondary N) is 2. The third-order valence-electron chi connectivity index (χ3n) is 5.27. The fourth-order valence-electron chi connectivity index (χ4n) is 3.94. The van der Waals surface area contributed by atoms with Crippen LogP contribution >= 0.6 is 0 Å². The molecule has 2 aliphatic rings. The summed E-state index contributed by atoms with van der Waals surface area (Å²) in [5, 5.41) is 6.43. The first-order chi connectivity index (χ1) is 12.2. The molecule has 1 aromatic heterocycles. The van der Waals surface area contributed by atoms with E-state index in [1.54, 1.807) is 6.26 Å². The van der Waals surface area contributed by atoms with Gasteiger partial charge in [-0.1, -0.05) is 18.2 Å². The Morgan fingerprint density at radius 1 is 1.36 bits per heavy atom. The average molecular weight is 339 g/mol. The number of amides is 1. The molecule has 2 atom stereocenters. The van der Waals surface area contributed by atoms with Crippen LogP contribution in [0.1, 0.15) is 41.4 Å². The maximum atomic E-state index is 12.6. The molecule has 25 heavy (non-hydrogen) atoms. The fourth-order valence-corrected chi connectivity index (χ4v) is 3.94. The first kappa shape index (κ1) is 16.2. The minimum Gasteiger partial charge on any atom is -0.459 e. The van der Waals surface area contributed by atoms with Crippen molar-refractivity contribution >= 4 is 11.6 Å². The van der Waals surface area contributed by atoms with Gasteiger partial charge in [0.2, 0.25) is 0 Å². The minimum atomic E-state index is -0.103. The van der Waals surface area contributed by atoms with Crippen LogP contribution < -0.4 is 15.5 Å². The highest BCUT2D eigenvalue weighted by Crippen LogP contribution is 2.33. The zero-order valence-electron chi connectivity index (χ0n) is 14.6. The monoisotopic (exact) mass is 339 g/mol. The lowest BCUT2D eigenvalue weighted by Gasteiger charge is -2.25. The molecule has 0 radical (unpaired) electrons. The largest absolute Gasteiger partial charge is 0.459 e. The van der Waals surface area contributed by atoms with E-state index in [4.69, 9.17) is 4.42 Å². The van der Waals surface area contributed by atoms with Gasteiger partial charge in [0.15, 0.2) is 5.76 Å². The van der Waals surface area contributed by atoms with Crippen molar-refractivity contribution < 1.29 is 9.21 Å². The molecule has 1 amide bonds. The van der Waals surface area contributed by atoms with Gasteiger partial charge in [-0.05, 0) is 50.4 Å². The van der Waals surface area contributed by atoms with Crippen LogP contribution in [-0.4, -0.2) is 31.1 Å². The van der Waals surface area contributed by atoms with E-state index in [0.29, 0.717) is 18.3 Å². The van der Waals surface area contributed by atoms with Crippen molar-refractivity contribution in [3.05, 3.63) is 53.5 Å². The number of hydrogen-bond acceptors (Lipinski definition) is 4. The van der Waals surface area contributed by atoms with Gasteiger partial charge in [-0.3, -0.25) is 4.79 Å². The second kappa shape index (κ2) is 6.92. The van der Waals surface area contributed by atoms with E-state index in [1.807, 2.05) is 6.07 Å². The number of para-hydroxylation sites is 1. The van der Waals surface area contributed by atoms with Gasteiger partial charge in [-0.15, -0.1) is 0 Å². The van der Waals surface area contributed by atoms with E-state index < -0.39 is 0 Å². The Balaban J connectivity index is 1.49. The van der Waals surface area contributed by atoms with Crippen LogP contribution in [0.3, 0.4) is 0 Å². The summed E-state index contributed by atoms with van der Waals surface area (Å²) < 4.78 is 5.54. The quantitative estimate of drug-likeness (QED) is 0.899. The number of rotatable bonds is 4. The topological polar surface area (TPSA) is 57.5 Å². The second-order valence-electron chi connectivity index (χ2n) is 7.10. The van der Waals surface area contributed by atoms with Crippen molar-refractivity contribution in [3.8, 4) is 0 Å². The zero-order valence-corrected chi connectivity index (χ0v) is 14.6. The maximum absolute atomic E-state index is 12.6. The summed E-state index contributed by atoms with van der Waals surface area (Å²) in [7, 11) is 0. The van der Waals surface area contributed by atoms with Gasteiger partial charge < -0.3 is 20.0 Å². The Kier molecular flexibility index (Phi) is 4.49. The Morgan fingerprint density at radius 3 is 3.08 bits per heavy atom. The van der Waals surface area contributed by atoms with E-state index in [1.165, 1.54) is 11.3 Å². The number of benzene rings is 1. The molecule has 2 aliphatic heterocycles. The Bertz CT molecular complexity index is 749. The van der Waals surface area contributed by atoms with Crippen LogP contribution in [0.4, 0.5) is 5.69 Å². The van der Waals surface area contributed by atoms with Crippen molar-refractivity contribution in [1.29, 1.82) is 0 Å². The van der Waals surface area contributed by atoms with Crippen molar-refractivity contribution in [2.24, 2.45) is 0 Å². The summed E-state index contributed by atoms with van der Waals surface area (Å²) >= 11 is 0. The molecular formula is C20H25N3O2. The molecule has 0 saturated carbocycles. The van der Waals surface area contributed by atoms with Crippen molar-refractivity contribution in [2.75, 3.05) is 18.0 Å². The zero-order chi connectivity index (χ0) is 17.2. The van der Waals surface area contributed by atoms with Gasteiger partial charge >= 0.3 is 0 Å². The molecule has 5 heteroatoms. The number of hydrogen-bond donors (Lipinski definition) is 2.